The lowest BCUT2D eigenvalue weighted by Crippen LogP contribution is -2.41. The van der Waals surface area contributed by atoms with E-state index in [9.17, 15) is 18.0 Å². The average molecular weight is 480 g/mol. The summed E-state index contributed by atoms with van der Waals surface area (Å²) in [7, 11) is -3.90. The van der Waals surface area contributed by atoms with E-state index >= 15 is 0 Å². The molecule has 2 aromatic carbocycles. The lowest BCUT2D eigenvalue weighted by molar-refractivity contribution is -0.117. The van der Waals surface area contributed by atoms with Gasteiger partial charge in [0, 0.05) is 18.3 Å². The van der Waals surface area contributed by atoms with E-state index in [1.165, 1.54) is 44.5 Å². The van der Waals surface area contributed by atoms with Gasteiger partial charge >= 0.3 is 0 Å². The topological polar surface area (TPSA) is 104 Å². The number of sulfonamides is 1. The van der Waals surface area contributed by atoms with Gasteiger partial charge < -0.3 is 10.6 Å². The van der Waals surface area contributed by atoms with E-state index in [1.54, 1.807) is 6.07 Å². The van der Waals surface area contributed by atoms with Gasteiger partial charge in [0.2, 0.25) is 21.8 Å². The maximum absolute atomic E-state index is 12.6. The minimum atomic E-state index is -3.90. The third-order valence-corrected chi connectivity index (χ3v) is 9.04. The third-order valence-electron chi connectivity index (χ3n) is 4.46. The first-order chi connectivity index (χ1) is 14.7. The summed E-state index contributed by atoms with van der Waals surface area (Å²) in [5.41, 5.74) is 2.27. The summed E-state index contributed by atoms with van der Waals surface area (Å²) in [6.07, 6.45) is 1.20. The molecule has 0 aromatic heterocycles. The number of carbonyl (C=O) groups excluding carboxylic acids is 2. The van der Waals surface area contributed by atoms with Crippen LogP contribution in [0.25, 0.3) is 0 Å². The van der Waals surface area contributed by atoms with Crippen molar-refractivity contribution in [1.82, 2.24) is 4.72 Å². The molecular weight excluding hydrogens is 454 g/mol. The Morgan fingerprint density at radius 1 is 1.00 bits per heavy atom. The van der Waals surface area contributed by atoms with Gasteiger partial charge in [0.05, 0.1) is 15.5 Å². The smallest absolute Gasteiger partial charge is 0.242 e. The van der Waals surface area contributed by atoms with Crippen LogP contribution in [0.1, 0.15) is 30.4 Å². The Hall–Kier alpha value is -2.01. The highest BCUT2D eigenvalue weighted by Crippen LogP contribution is 2.44. The van der Waals surface area contributed by atoms with E-state index in [0.29, 0.717) is 16.0 Å². The second kappa shape index (κ2) is 10.5. The van der Waals surface area contributed by atoms with E-state index in [0.717, 1.165) is 17.1 Å². The molecule has 1 saturated heterocycles. The maximum Gasteiger partial charge on any atom is 0.242 e. The van der Waals surface area contributed by atoms with Crippen molar-refractivity contribution in [1.29, 1.82) is 0 Å². The van der Waals surface area contributed by atoms with E-state index in [-0.39, 0.29) is 10.8 Å². The molecule has 1 heterocycles. The summed E-state index contributed by atoms with van der Waals surface area (Å²) >= 11 is 3.79. The SMILES string of the molecule is CC(=O)Nc1ccc(S(=O)(=O)N[C@@H](C)C(=O)Nc2cccc(C3SCCCS3)c2)cc1. The van der Waals surface area contributed by atoms with E-state index in [4.69, 9.17) is 0 Å². The lowest BCUT2D eigenvalue weighted by Gasteiger charge is -2.22. The molecule has 0 saturated carbocycles. The van der Waals surface area contributed by atoms with Crippen LogP contribution in [0.3, 0.4) is 0 Å². The molecule has 1 fully saturated rings. The molecule has 7 nitrogen and oxygen atoms in total. The zero-order valence-corrected chi connectivity index (χ0v) is 19.7. The molecule has 2 aromatic rings. The van der Waals surface area contributed by atoms with Crippen molar-refractivity contribution in [2.45, 2.75) is 35.8 Å². The van der Waals surface area contributed by atoms with Crippen LogP contribution in [0.4, 0.5) is 11.4 Å². The van der Waals surface area contributed by atoms with Crippen molar-refractivity contribution in [3.8, 4) is 0 Å². The van der Waals surface area contributed by atoms with Crippen LogP contribution in [0.15, 0.2) is 53.4 Å². The molecule has 2 amide bonds. The van der Waals surface area contributed by atoms with Crippen LogP contribution in [0, 0.1) is 0 Å². The van der Waals surface area contributed by atoms with Crippen LogP contribution in [-0.4, -0.2) is 37.8 Å². The highest BCUT2D eigenvalue weighted by molar-refractivity contribution is 8.16. The number of anilines is 2. The van der Waals surface area contributed by atoms with Crippen molar-refractivity contribution >= 4 is 56.7 Å². The molecule has 1 aliphatic rings. The zero-order chi connectivity index (χ0) is 22.4. The first-order valence-corrected chi connectivity index (χ1v) is 13.4. The largest absolute Gasteiger partial charge is 0.326 e. The Morgan fingerprint density at radius 2 is 1.68 bits per heavy atom. The zero-order valence-electron chi connectivity index (χ0n) is 17.3. The summed E-state index contributed by atoms with van der Waals surface area (Å²) in [4.78, 5) is 23.7. The molecule has 3 rings (SSSR count). The summed E-state index contributed by atoms with van der Waals surface area (Å²) < 4.78 is 28.0. The van der Waals surface area contributed by atoms with Gasteiger partial charge in [0.25, 0.3) is 0 Å². The standard InChI is InChI=1S/C21H25N3O4S3/c1-14(24-31(27,28)19-9-7-17(8-10-19)22-15(2)25)20(26)23-18-6-3-5-16(13-18)21-29-11-4-12-30-21/h3,5-10,13-14,21,24H,4,11-12H2,1-2H3,(H,22,25)(H,23,26)/t14-/m0/s1. The molecule has 1 atom stereocenters. The molecule has 10 heteroatoms. The molecule has 3 N–H and O–H groups in total. The molecule has 1 aliphatic heterocycles. The first-order valence-electron chi connectivity index (χ1n) is 9.78. The first kappa shape index (κ1) is 23.6. The molecule has 0 radical (unpaired) electrons. The van der Waals surface area contributed by atoms with Crippen LogP contribution >= 0.6 is 23.5 Å². The van der Waals surface area contributed by atoms with Crippen molar-refractivity contribution in [2.75, 3.05) is 22.1 Å². The van der Waals surface area contributed by atoms with Crippen molar-refractivity contribution < 1.29 is 18.0 Å². The van der Waals surface area contributed by atoms with E-state index in [1.807, 2.05) is 41.7 Å². The highest BCUT2D eigenvalue weighted by atomic mass is 32.2. The maximum atomic E-state index is 12.6. The average Bonchev–Trinajstić information content (AvgIpc) is 2.74. The Labute approximate surface area is 191 Å². The van der Waals surface area contributed by atoms with Gasteiger partial charge in [-0.05, 0) is 66.8 Å². The molecular formula is C21H25N3O4S3. The fraction of sp³-hybridized carbons (Fsp3) is 0.333. The summed E-state index contributed by atoms with van der Waals surface area (Å²) in [5, 5.41) is 5.37. The number of benzene rings is 2. The molecule has 31 heavy (non-hydrogen) atoms. The summed E-state index contributed by atoms with van der Waals surface area (Å²) in [6.45, 7) is 2.87. The van der Waals surface area contributed by atoms with Crippen LogP contribution in [0.2, 0.25) is 0 Å². The van der Waals surface area contributed by atoms with Gasteiger partial charge in [-0.2, -0.15) is 4.72 Å². The Kier molecular flexibility index (Phi) is 8.04. The van der Waals surface area contributed by atoms with Gasteiger partial charge in [-0.15, -0.1) is 23.5 Å². The normalized spacial score (nSPS) is 15.8. The predicted molar refractivity (Wildman–Crippen MR) is 128 cm³/mol. The third kappa shape index (κ3) is 6.73. The van der Waals surface area contributed by atoms with Crippen LogP contribution in [-0.2, 0) is 19.6 Å². The predicted octanol–water partition coefficient (Wildman–Crippen LogP) is 3.82. The number of thioether (sulfide) groups is 2. The number of nitrogens with one attached hydrogen (secondary N) is 3. The van der Waals surface area contributed by atoms with E-state index < -0.39 is 22.0 Å². The van der Waals surface area contributed by atoms with Gasteiger partial charge in [-0.3, -0.25) is 9.59 Å². The van der Waals surface area contributed by atoms with Gasteiger partial charge in [0.15, 0.2) is 0 Å². The fourth-order valence-electron chi connectivity index (χ4n) is 2.97. The monoisotopic (exact) mass is 479 g/mol. The number of carbonyl (C=O) groups is 2. The minimum absolute atomic E-state index is 0.00889. The summed E-state index contributed by atoms with van der Waals surface area (Å²) in [5.74, 6) is 1.56. The minimum Gasteiger partial charge on any atom is -0.326 e. The number of hydrogen-bond acceptors (Lipinski definition) is 6. The van der Waals surface area contributed by atoms with Crippen molar-refractivity contribution in [2.24, 2.45) is 0 Å². The lowest BCUT2D eigenvalue weighted by atomic mass is 10.2. The fourth-order valence-corrected chi connectivity index (χ4v) is 7.04. The highest BCUT2D eigenvalue weighted by Gasteiger charge is 2.23. The second-order valence-electron chi connectivity index (χ2n) is 7.09. The van der Waals surface area contributed by atoms with Gasteiger partial charge in [-0.25, -0.2) is 8.42 Å². The number of amides is 2. The Bertz CT molecular complexity index is 1040. The molecule has 0 spiro atoms. The van der Waals surface area contributed by atoms with Crippen molar-refractivity contribution in [3.63, 3.8) is 0 Å². The van der Waals surface area contributed by atoms with Gasteiger partial charge in [0.1, 0.15) is 0 Å². The molecule has 0 unspecified atom stereocenters. The van der Waals surface area contributed by atoms with Crippen LogP contribution in [0.5, 0.6) is 0 Å². The molecule has 0 bridgehead atoms. The van der Waals surface area contributed by atoms with E-state index in [2.05, 4.69) is 15.4 Å². The Morgan fingerprint density at radius 3 is 2.32 bits per heavy atom. The van der Waals surface area contributed by atoms with Crippen molar-refractivity contribution in [3.05, 3.63) is 54.1 Å². The second-order valence-corrected chi connectivity index (χ2v) is 11.5. The molecule has 166 valence electrons. The summed E-state index contributed by atoms with van der Waals surface area (Å²) in [6, 6.07) is 12.4. The number of rotatable bonds is 7. The number of hydrogen-bond donors (Lipinski definition) is 3. The quantitative estimate of drug-likeness (QED) is 0.558. The Balaban J connectivity index is 1.62. The van der Waals surface area contributed by atoms with Crippen LogP contribution < -0.4 is 15.4 Å². The molecule has 0 aliphatic carbocycles. The van der Waals surface area contributed by atoms with Gasteiger partial charge in [-0.1, -0.05) is 12.1 Å².